The molecule has 32 heavy (non-hydrogen) atoms. The Bertz CT molecular complexity index is 406. The molecule has 0 unspecified atom stereocenters. The fourth-order valence-electron chi connectivity index (χ4n) is 1.52. The number of hydrogen-bond acceptors (Lipinski definition) is 2. The molecule has 0 heterocycles. The third kappa shape index (κ3) is 52.2. The SMILES string of the molecule is CCCCO.CCO.[C-]1=CC=CC1.[C-]1=CC=CC1.[C-]1=CC=CC1.[C-]1=CC=CC1.[Cl-].[Cl-].[Hf].[Hf]. The van der Waals surface area contributed by atoms with Crippen molar-refractivity contribution < 1.29 is 86.7 Å². The molecule has 180 valence electrons. The Morgan fingerprint density at radius 1 is 0.594 bits per heavy atom. The number of allylic oxidation sites excluding steroid dienone is 16. The number of hydrogen-bond donors (Lipinski definition) is 2. The van der Waals surface area contributed by atoms with Gasteiger partial charge in [0.2, 0.25) is 0 Å². The minimum atomic E-state index is 0. The topological polar surface area (TPSA) is 40.5 Å². The monoisotopic (exact) mass is 810 g/mol. The number of unbranched alkanes of at least 4 members (excludes halogenated alkanes) is 1. The van der Waals surface area contributed by atoms with E-state index in [0.29, 0.717) is 6.61 Å². The van der Waals surface area contributed by atoms with E-state index in [2.05, 4.69) is 55.5 Å². The van der Waals surface area contributed by atoms with Crippen LogP contribution in [0.3, 0.4) is 0 Å². The molecule has 2 N–H and O–H groups in total. The van der Waals surface area contributed by atoms with Gasteiger partial charge in [-0.1, -0.05) is 13.3 Å². The second-order valence-corrected chi connectivity index (χ2v) is 5.41. The van der Waals surface area contributed by atoms with Crippen molar-refractivity contribution >= 4 is 0 Å². The first-order valence-corrected chi connectivity index (χ1v) is 9.92. The van der Waals surface area contributed by atoms with E-state index in [1.165, 1.54) is 0 Å². The van der Waals surface area contributed by atoms with Gasteiger partial charge in [-0.15, -0.1) is 25.7 Å². The number of aliphatic hydroxyl groups excluding tert-OH is 2. The first kappa shape index (κ1) is 45.6. The van der Waals surface area contributed by atoms with Crippen LogP contribution in [0.15, 0.2) is 72.9 Å². The number of rotatable bonds is 2. The Labute approximate surface area is 247 Å². The van der Waals surface area contributed by atoms with Crippen molar-refractivity contribution in [2.24, 2.45) is 0 Å². The Balaban J connectivity index is -0.0000000623. The van der Waals surface area contributed by atoms with E-state index in [9.17, 15) is 0 Å². The van der Waals surface area contributed by atoms with Gasteiger partial charge in [0, 0.05) is 64.9 Å². The molecule has 0 saturated carbocycles. The van der Waals surface area contributed by atoms with E-state index < -0.39 is 0 Å². The second-order valence-electron chi connectivity index (χ2n) is 5.41. The summed E-state index contributed by atoms with van der Waals surface area (Å²) in [5, 5.41) is 15.6. The summed E-state index contributed by atoms with van der Waals surface area (Å²) >= 11 is 0. The molecule has 4 aliphatic rings. The van der Waals surface area contributed by atoms with E-state index in [0.717, 1.165) is 38.5 Å². The van der Waals surface area contributed by atoms with Gasteiger partial charge < -0.3 is 35.0 Å². The molecule has 0 saturated heterocycles. The quantitative estimate of drug-likeness (QED) is 0.305. The molecule has 0 atom stereocenters. The average Bonchev–Trinajstić information content (AvgIpc) is 3.54. The summed E-state index contributed by atoms with van der Waals surface area (Å²) in [7, 11) is 0. The summed E-state index contributed by atoms with van der Waals surface area (Å²) in [6.45, 7) is 4.33. The van der Waals surface area contributed by atoms with Crippen LogP contribution in [0.5, 0.6) is 0 Å². The zero-order chi connectivity index (χ0) is 21.0. The van der Waals surface area contributed by atoms with Crippen molar-refractivity contribution in [2.45, 2.75) is 52.4 Å². The summed E-state index contributed by atoms with van der Waals surface area (Å²) < 4.78 is 0. The van der Waals surface area contributed by atoms with Crippen molar-refractivity contribution in [3.63, 3.8) is 0 Å². The predicted octanol–water partition coefficient (Wildman–Crippen LogP) is 0.00316. The first-order chi connectivity index (χ1) is 13.8. The van der Waals surface area contributed by atoms with E-state index >= 15 is 0 Å². The van der Waals surface area contributed by atoms with Crippen LogP contribution in [0.1, 0.15) is 52.4 Å². The normalized spacial score (nSPS) is 12.9. The molecule has 0 bridgehead atoms. The van der Waals surface area contributed by atoms with E-state index in [1.807, 2.05) is 48.6 Å². The Morgan fingerprint density at radius 3 is 0.875 bits per heavy atom. The first-order valence-electron chi connectivity index (χ1n) is 9.92. The molecule has 0 aromatic heterocycles. The molecule has 0 radical (unpaired) electrons. The van der Waals surface area contributed by atoms with Crippen molar-refractivity contribution in [3.8, 4) is 0 Å². The van der Waals surface area contributed by atoms with Gasteiger partial charge in [0.15, 0.2) is 0 Å². The summed E-state index contributed by atoms with van der Waals surface area (Å²) in [6.07, 6.45) is 42.0. The third-order valence-electron chi connectivity index (χ3n) is 2.86. The summed E-state index contributed by atoms with van der Waals surface area (Å²) in [5.74, 6) is 0. The van der Waals surface area contributed by atoms with Gasteiger partial charge in [-0.2, -0.15) is 24.3 Å². The van der Waals surface area contributed by atoms with Crippen LogP contribution in [0.2, 0.25) is 0 Å². The zero-order valence-corrected chi connectivity index (χ0v) is 27.9. The van der Waals surface area contributed by atoms with Gasteiger partial charge in [-0.3, -0.25) is 24.3 Å². The van der Waals surface area contributed by atoms with Crippen molar-refractivity contribution in [1.29, 1.82) is 0 Å². The van der Waals surface area contributed by atoms with E-state index in [-0.39, 0.29) is 83.1 Å². The molecular formula is C26H36Cl2Hf2O2-6. The summed E-state index contributed by atoms with van der Waals surface area (Å²) in [5.41, 5.74) is 0. The second kappa shape index (κ2) is 48.6. The van der Waals surface area contributed by atoms with Gasteiger partial charge in [0.1, 0.15) is 0 Å². The van der Waals surface area contributed by atoms with Gasteiger partial charge in [-0.05, 0) is 13.3 Å². The number of aliphatic hydroxyl groups is 2. The van der Waals surface area contributed by atoms with Gasteiger partial charge in [0.05, 0.1) is 0 Å². The molecule has 4 rings (SSSR count). The molecule has 0 aromatic rings. The van der Waals surface area contributed by atoms with Crippen LogP contribution in [0.25, 0.3) is 0 Å². The fraction of sp³-hybridized carbons (Fsp3) is 0.385. The average molecular weight is 808 g/mol. The molecule has 0 aromatic carbocycles. The molecular weight excluding hydrogens is 772 g/mol. The van der Waals surface area contributed by atoms with Crippen LogP contribution in [0, 0.1) is 24.3 Å². The van der Waals surface area contributed by atoms with E-state index in [1.54, 1.807) is 6.92 Å². The fourth-order valence-corrected chi connectivity index (χ4v) is 1.52. The molecule has 6 heteroatoms. The van der Waals surface area contributed by atoms with Crippen LogP contribution >= 0.6 is 0 Å². The van der Waals surface area contributed by atoms with Crippen molar-refractivity contribution in [3.05, 3.63) is 97.2 Å². The maximum atomic E-state index is 8.07. The molecule has 4 aliphatic carbocycles. The van der Waals surface area contributed by atoms with Crippen LogP contribution in [0.4, 0.5) is 0 Å². The number of halogens is 2. The Morgan fingerprint density at radius 2 is 0.844 bits per heavy atom. The van der Waals surface area contributed by atoms with Gasteiger partial charge in [0.25, 0.3) is 0 Å². The largest absolute Gasteiger partial charge is 1.00 e. The summed E-state index contributed by atoms with van der Waals surface area (Å²) in [6, 6.07) is 0. The summed E-state index contributed by atoms with van der Waals surface area (Å²) in [4.78, 5) is 0. The Kier molecular flexibility index (Phi) is 69.2. The van der Waals surface area contributed by atoms with Crippen LogP contribution in [-0.2, 0) is 51.7 Å². The van der Waals surface area contributed by atoms with Crippen molar-refractivity contribution in [1.82, 2.24) is 0 Å². The smallest absolute Gasteiger partial charge is 0.0430 e. The molecule has 0 spiro atoms. The van der Waals surface area contributed by atoms with Crippen LogP contribution < -0.4 is 24.8 Å². The maximum absolute atomic E-state index is 8.07. The maximum Gasteiger partial charge on any atom is 0.0430 e. The molecule has 2 nitrogen and oxygen atoms in total. The van der Waals surface area contributed by atoms with Crippen molar-refractivity contribution in [2.75, 3.05) is 13.2 Å². The third-order valence-corrected chi connectivity index (χ3v) is 2.86. The predicted molar refractivity (Wildman–Crippen MR) is 121 cm³/mol. The van der Waals surface area contributed by atoms with Gasteiger partial charge >= 0.3 is 0 Å². The zero-order valence-electron chi connectivity index (χ0n) is 19.2. The molecule has 0 aliphatic heterocycles. The molecule has 0 amide bonds. The Hall–Kier alpha value is 0.160. The van der Waals surface area contributed by atoms with Crippen LogP contribution in [-0.4, -0.2) is 23.4 Å². The minimum absolute atomic E-state index is 0. The molecule has 0 fully saturated rings. The van der Waals surface area contributed by atoms with Gasteiger partial charge in [-0.25, -0.2) is 48.6 Å². The minimum Gasteiger partial charge on any atom is -1.00 e. The standard InChI is InChI=1S/4C5H5.C4H10O.C2H6O.2ClH.2Hf/c4*1-2-4-5-3-1;1-2-3-4-5;1-2-3;;;;/h4*1-3H,4H2;5H,2-4H2,1H3;3H,2H2,1H3;2*1H;;/q4*-1;;;;;;/p-2. The van der Waals surface area contributed by atoms with E-state index in [4.69, 9.17) is 10.2 Å².